The molecule has 73 heavy (non-hydrogen) atoms. The molecule has 3 amide bonds. The standard InChI is InChI=1S/C43H70N12O18/c1-22(59)44-32-38(65)35(62)29(19-56)71-41(32)68-10-4-7-53-16-26(47-50-53)13-25(14-27-17-54(51-48-27)8-5-11-69-42-33(45-23(2)60)39(66)36(63)30(20-57)72-42)15-28-18-55(52-49-28)9-6-12-70-43-34(46-24(3)61)40(67)37(64)31(21-58)73-43/h16-18,25,29-43,56-58,62-67H,4-15,19-21H2,1-3H3,(H,44,59)(H,45,60)(H,46,61). The molecule has 0 radical (unpaired) electrons. The molecule has 30 nitrogen and oxygen atoms in total. The fourth-order valence-corrected chi connectivity index (χ4v) is 8.84. The normalized spacial score (nSPS) is 31.0. The third kappa shape index (κ3) is 16.1. The highest BCUT2D eigenvalue weighted by atomic mass is 16.7. The average Bonchev–Trinajstić information content (AvgIpc) is 4.13. The first-order valence-corrected chi connectivity index (χ1v) is 24.2. The Morgan fingerprint density at radius 3 is 1.03 bits per heavy atom. The Morgan fingerprint density at radius 2 is 0.781 bits per heavy atom. The molecule has 0 bridgehead atoms. The first-order valence-electron chi connectivity index (χ1n) is 24.2. The number of aliphatic hydroxyl groups excluding tert-OH is 9. The van der Waals surface area contributed by atoms with Crippen LogP contribution in [0.3, 0.4) is 0 Å². The van der Waals surface area contributed by atoms with Gasteiger partial charge in [0.05, 0.1) is 56.7 Å². The topological polar surface area (TPSA) is 417 Å². The molecule has 410 valence electrons. The number of aliphatic hydroxyl groups is 9. The molecule has 3 aliphatic rings. The van der Waals surface area contributed by atoms with E-state index in [1.807, 2.05) is 0 Å². The molecule has 3 saturated heterocycles. The van der Waals surface area contributed by atoms with E-state index in [4.69, 9.17) is 28.4 Å². The Balaban J connectivity index is 1.05. The van der Waals surface area contributed by atoms with Crippen LogP contribution in [-0.4, -0.2) is 240 Å². The fourth-order valence-electron chi connectivity index (χ4n) is 8.84. The number of hydrogen-bond donors (Lipinski definition) is 12. The predicted octanol–water partition coefficient (Wildman–Crippen LogP) is -6.84. The molecule has 0 aromatic carbocycles. The van der Waals surface area contributed by atoms with Gasteiger partial charge in [-0.2, -0.15) is 0 Å². The van der Waals surface area contributed by atoms with Gasteiger partial charge in [0.25, 0.3) is 0 Å². The van der Waals surface area contributed by atoms with E-state index in [0.29, 0.717) is 75.2 Å². The van der Waals surface area contributed by atoms with Crippen LogP contribution < -0.4 is 16.0 Å². The van der Waals surface area contributed by atoms with Crippen molar-refractivity contribution in [1.82, 2.24) is 60.9 Å². The van der Waals surface area contributed by atoms with E-state index >= 15 is 0 Å². The average molecular weight is 1040 g/mol. The smallest absolute Gasteiger partial charge is 0.217 e. The number of aromatic nitrogens is 9. The van der Waals surface area contributed by atoms with Crippen molar-refractivity contribution in [2.45, 2.75) is 171 Å². The van der Waals surface area contributed by atoms with Crippen LogP contribution in [0.1, 0.15) is 57.1 Å². The number of ether oxygens (including phenoxy) is 6. The maximum Gasteiger partial charge on any atom is 0.217 e. The molecule has 15 unspecified atom stereocenters. The molecular weight excluding hydrogens is 973 g/mol. The zero-order chi connectivity index (χ0) is 52.8. The second-order valence-electron chi connectivity index (χ2n) is 18.4. The molecule has 3 aromatic heterocycles. The lowest BCUT2D eigenvalue weighted by atomic mass is 9.93. The van der Waals surface area contributed by atoms with Gasteiger partial charge in [-0.05, 0) is 44.4 Å². The van der Waals surface area contributed by atoms with Crippen LogP contribution >= 0.6 is 0 Å². The Morgan fingerprint density at radius 1 is 0.507 bits per heavy atom. The van der Waals surface area contributed by atoms with Gasteiger partial charge in [0, 0.05) is 59.0 Å². The van der Waals surface area contributed by atoms with Crippen molar-refractivity contribution in [1.29, 1.82) is 0 Å². The number of carbonyl (C=O) groups excluding carboxylic acids is 3. The summed E-state index contributed by atoms with van der Waals surface area (Å²) in [5.74, 6) is -1.55. The summed E-state index contributed by atoms with van der Waals surface area (Å²) in [5, 5.41) is 125. The summed E-state index contributed by atoms with van der Waals surface area (Å²) >= 11 is 0. The molecule has 15 atom stereocenters. The van der Waals surface area contributed by atoms with Crippen molar-refractivity contribution in [3.63, 3.8) is 0 Å². The molecule has 3 aliphatic heterocycles. The Kier molecular flexibility index (Phi) is 21.8. The highest BCUT2D eigenvalue weighted by Crippen LogP contribution is 2.26. The summed E-state index contributed by atoms with van der Waals surface area (Å²) in [6.45, 7) is 3.48. The Hall–Kier alpha value is -4.77. The number of nitrogens with one attached hydrogen (secondary N) is 3. The molecule has 0 spiro atoms. The number of carbonyl (C=O) groups is 3. The van der Waals surface area contributed by atoms with E-state index in [9.17, 15) is 60.3 Å². The van der Waals surface area contributed by atoms with Crippen LogP contribution in [-0.2, 0) is 81.7 Å². The van der Waals surface area contributed by atoms with Gasteiger partial charge in [-0.25, -0.2) is 0 Å². The minimum Gasteiger partial charge on any atom is -0.394 e. The second kappa shape index (κ2) is 27.7. The molecule has 0 saturated carbocycles. The minimum absolute atomic E-state index is 0.107. The first-order chi connectivity index (χ1) is 35.0. The maximum absolute atomic E-state index is 11.8. The first kappa shape index (κ1) is 57.5. The van der Waals surface area contributed by atoms with E-state index < -0.39 is 129 Å². The van der Waals surface area contributed by atoms with E-state index in [0.717, 1.165) is 0 Å². The molecule has 3 fully saturated rings. The van der Waals surface area contributed by atoms with Gasteiger partial charge in [0.2, 0.25) is 17.7 Å². The summed E-state index contributed by atoms with van der Waals surface area (Å²) in [6, 6.07) is -3.22. The lowest BCUT2D eigenvalue weighted by molar-refractivity contribution is -0.270. The van der Waals surface area contributed by atoms with Gasteiger partial charge >= 0.3 is 0 Å². The minimum atomic E-state index is -1.44. The molecule has 6 heterocycles. The van der Waals surface area contributed by atoms with E-state index in [1.165, 1.54) is 20.8 Å². The third-order valence-electron chi connectivity index (χ3n) is 12.4. The van der Waals surface area contributed by atoms with E-state index in [1.54, 1.807) is 32.6 Å². The largest absolute Gasteiger partial charge is 0.394 e. The summed E-state index contributed by atoms with van der Waals surface area (Å²) in [7, 11) is 0. The lowest BCUT2D eigenvalue weighted by Gasteiger charge is -2.42. The molecule has 12 N–H and O–H groups in total. The van der Waals surface area contributed by atoms with Crippen LogP contribution in [0.25, 0.3) is 0 Å². The molecule has 0 aliphatic carbocycles. The molecule has 6 rings (SSSR count). The van der Waals surface area contributed by atoms with Gasteiger partial charge < -0.3 is 90.3 Å². The quantitative estimate of drug-likeness (QED) is 0.0316. The van der Waals surface area contributed by atoms with E-state index in [2.05, 4.69) is 46.9 Å². The van der Waals surface area contributed by atoms with Gasteiger partial charge in [-0.1, -0.05) is 15.6 Å². The molecule has 30 heteroatoms. The zero-order valence-corrected chi connectivity index (χ0v) is 40.8. The third-order valence-corrected chi connectivity index (χ3v) is 12.4. The van der Waals surface area contributed by atoms with Gasteiger partial charge in [-0.15, -0.1) is 15.3 Å². The van der Waals surface area contributed by atoms with Crippen molar-refractivity contribution in [3.8, 4) is 0 Å². The van der Waals surface area contributed by atoms with Gasteiger partial charge in [0.1, 0.15) is 73.1 Å². The van der Waals surface area contributed by atoms with Crippen LogP contribution in [0.4, 0.5) is 0 Å². The highest BCUT2D eigenvalue weighted by molar-refractivity contribution is 5.74. The summed E-state index contributed by atoms with van der Waals surface area (Å²) < 4.78 is 39.4. The predicted molar refractivity (Wildman–Crippen MR) is 242 cm³/mol. The van der Waals surface area contributed by atoms with Crippen LogP contribution in [0, 0.1) is 5.92 Å². The fraction of sp³-hybridized carbons (Fsp3) is 0.791. The monoisotopic (exact) mass is 1040 g/mol. The summed E-state index contributed by atoms with van der Waals surface area (Å²) in [6.07, 6.45) is -7.44. The van der Waals surface area contributed by atoms with Gasteiger partial charge in [0.15, 0.2) is 18.9 Å². The lowest BCUT2D eigenvalue weighted by Crippen LogP contribution is -2.64. The van der Waals surface area contributed by atoms with Crippen molar-refractivity contribution < 1.29 is 88.8 Å². The maximum atomic E-state index is 11.8. The van der Waals surface area contributed by atoms with Crippen LogP contribution in [0.5, 0.6) is 0 Å². The number of aryl methyl sites for hydroxylation is 3. The summed E-state index contributed by atoms with van der Waals surface area (Å²) in [5.41, 5.74) is 1.99. The molecular formula is C43H70N12O18. The van der Waals surface area contributed by atoms with E-state index in [-0.39, 0.29) is 25.7 Å². The van der Waals surface area contributed by atoms with Crippen molar-refractivity contribution in [2.24, 2.45) is 5.92 Å². The Labute approximate surface area is 418 Å². The van der Waals surface area contributed by atoms with Crippen molar-refractivity contribution >= 4 is 17.7 Å². The number of hydrogen-bond acceptors (Lipinski definition) is 24. The highest BCUT2D eigenvalue weighted by Gasteiger charge is 2.47. The zero-order valence-electron chi connectivity index (χ0n) is 40.8. The van der Waals surface area contributed by atoms with Crippen molar-refractivity contribution in [2.75, 3.05) is 39.6 Å². The SMILES string of the molecule is CC(=O)NC1C(OCCCn2cc(CC(Cc3cn(CCCOC4OC(CO)C(O)C(O)C4NC(C)=O)nn3)Cc3cn(CCCOC4OC(CO)C(O)C(O)C4NC(C)=O)nn3)nn2)OC(CO)C(O)C1O. The number of amides is 3. The van der Waals surface area contributed by atoms with Crippen LogP contribution in [0.15, 0.2) is 18.6 Å². The summed E-state index contributed by atoms with van der Waals surface area (Å²) in [4.78, 5) is 35.4. The number of nitrogens with zero attached hydrogens (tertiary/aromatic N) is 9. The molecule has 3 aromatic rings. The Bertz CT molecular complexity index is 1940. The number of rotatable bonds is 27. The van der Waals surface area contributed by atoms with Gasteiger partial charge in [-0.3, -0.25) is 28.4 Å². The van der Waals surface area contributed by atoms with Crippen LogP contribution in [0.2, 0.25) is 0 Å². The second-order valence-corrected chi connectivity index (χ2v) is 18.4. The van der Waals surface area contributed by atoms with Crippen molar-refractivity contribution in [3.05, 3.63) is 35.7 Å².